The Bertz CT molecular complexity index is 1520. The Morgan fingerprint density at radius 2 is 1.78 bits per heavy atom. The molecular weight excluding hydrogens is 525 g/mol. The van der Waals surface area contributed by atoms with Gasteiger partial charge in [-0.15, -0.1) is 0 Å². The molecule has 1 aromatic heterocycles. The molecule has 0 saturated carbocycles. The number of benzene rings is 3. The maximum atomic E-state index is 14.2. The molecule has 1 saturated heterocycles. The number of H-pyrrole nitrogens is 1. The van der Waals surface area contributed by atoms with Gasteiger partial charge in [0.2, 0.25) is 12.7 Å². The molecule has 3 aromatic carbocycles. The first kappa shape index (κ1) is 26.6. The fourth-order valence-corrected chi connectivity index (χ4v) is 5.21. The number of rotatable bonds is 9. The second-order valence-electron chi connectivity index (χ2n) is 10.1. The van der Waals surface area contributed by atoms with Crippen LogP contribution in [0.3, 0.4) is 0 Å². The predicted octanol–water partition coefficient (Wildman–Crippen LogP) is 5.23. The Balaban J connectivity index is 1.37. The highest BCUT2D eigenvalue weighted by Crippen LogP contribution is 2.34. The number of aromatic nitrogens is 1. The summed E-state index contributed by atoms with van der Waals surface area (Å²) >= 11 is 0. The summed E-state index contributed by atoms with van der Waals surface area (Å²) in [6.45, 7) is 1.19. The van der Waals surface area contributed by atoms with Gasteiger partial charge in [-0.05, 0) is 65.9 Å². The average Bonchev–Trinajstić information content (AvgIpc) is 3.79. The molecule has 0 radical (unpaired) electrons. The highest BCUT2D eigenvalue weighted by atomic mass is 19.1. The molecule has 9 heteroatoms. The summed E-state index contributed by atoms with van der Waals surface area (Å²) in [5.41, 5.74) is 3.26. The van der Waals surface area contributed by atoms with Gasteiger partial charge < -0.3 is 29.4 Å². The Kier molecular flexibility index (Phi) is 7.69. The van der Waals surface area contributed by atoms with Crippen molar-refractivity contribution in [3.8, 4) is 22.8 Å². The second kappa shape index (κ2) is 11.9. The first-order valence-electron chi connectivity index (χ1n) is 13.6. The summed E-state index contributed by atoms with van der Waals surface area (Å²) in [7, 11) is 0. The number of amides is 2. The molecular formula is C32H30FN3O5. The minimum absolute atomic E-state index is 0.0809. The van der Waals surface area contributed by atoms with E-state index in [0.29, 0.717) is 35.9 Å². The number of carbonyl (C=O) groups excluding carboxylic acids is 2. The molecule has 8 nitrogen and oxygen atoms in total. The van der Waals surface area contributed by atoms with Crippen LogP contribution < -0.4 is 14.8 Å². The Labute approximate surface area is 237 Å². The summed E-state index contributed by atoms with van der Waals surface area (Å²) in [6.07, 6.45) is 1.71. The van der Waals surface area contributed by atoms with E-state index < -0.39 is 11.9 Å². The molecule has 2 aliphatic heterocycles. The van der Waals surface area contributed by atoms with Gasteiger partial charge in [0.15, 0.2) is 11.5 Å². The van der Waals surface area contributed by atoms with Crippen molar-refractivity contribution in [1.82, 2.24) is 15.2 Å². The van der Waals surface area contributed by atoms with Gasteiger partial charge in [-0.1, -0.05) is 48.5 Å². The van der Waals surface area contributed by atoms with Crippen LogP contribution >= 0.6 is 0 Å². The van der Waals surface area contributed by atoms with Crippen LogP contribution in [-0.2, 0) is 16.1 Å². The number of nitrogens with zero attached hydrogens (tertiary/aromatic N) is 1. The van der Waals surface area contributed by atoms with Crippen molar-refractivity contribution in [3.05, 3.63) is 108 Å². The second-order valence-corrected chi connectivity index (χ2v) is 10.1. The standard InChI is InChI=1S/C32H30FN3O5/c33-24-11-9-23(10-12-24)30(31(37)34-18-25-7-4-16-39-25)36(19-21-8-15-28-29(17-21)41-20-40-28)32(38)27-14-13-26(35-27)22-5-2-1-3-6-22/h1-3,5-6,8-15,17,25,30,35H,4,7,16,18-20H2,(H,34,37)/t25-,30-/m1/s1. The van der Waals surface area contributed by atoms with Crippen LogP contribution in [0.5, 0.6) is 11.5 Å². The maximum Gasteiger partial charge on any atom is 0.271 e. The largest absolute Gasteiger partial charge is 0.454 e. The molecule has 3 heterocycles. The zero-order chi connectivity index (χ0) is 28.2. The minimum atomic E-state index is -1.04. The SMILES string of the molecule is O=C(NC[C@H]1CCCO1)[C@@H](c1ccc(F)cc1)N(Cc1ccc2c(c1)OCO2)C(=O)c1ccc(-c2ccccc2)[nH]1. The van der Waals surface area contributed by atoms with Gasteiger partial charge in [0.1, 0.15) is 17.6 Å². The van der Waals surface area contributed by atoms with Crippen LogP contribution in [0.2, 0.25) is 0 Å². The third kappa shape index (κ3) is 5.95. The summed E-state index contributed by atoms with van der Waals surface area (Å²) < 4.78 is 30.6. The third-order valence-electron chi connectivity index (χ3n) is 7.33. The topological polar surface area (TPSA) is 92.9 Å². The zero-order valence-corrected chi connectivity index (χ0v) is 22.3. The monoisotopic (exact) mass is 555 g/mol. The first-order chi connectivity index (χ1) is 20.0. The van der Waals surface area contributed by atoms with E-state index in [1.165, 1.54) is 29.2 Å². The molecule has 0 aliphatic carbocycles. The minimum Gasteiger partial charge on any atom is -0.454 e. The van der Waals surface area contributed by atoms with Crippen LogP contribution in [0.15, 0.2) is 84.9 Å². The smallest absolute Gasteiger partial charge is 0.271 e. The fourth-order valence-electron chi connectivity index (χ4n) is 5.21. The third-order valence-corrected chi connectivity index (χ3v) is 7.33. The van der Waals surface area contributed by atoms with E-state index in [-0.39, 0.29) is 31.3 Å². The van der Waals surface area contributed by atoms with Crippen molar-refractivity contribution >= 4 is 11.8 Å². The van der Waals surface area contributed by atoms with Gasteiger partial charge in [0.05, 0.1) is 6.10 Å². The Hall–Kier alpha value is -4.63. The molecule has 0 spiro atoms. The molecule has 2 amide bonds. The quantitative estimate of drug-likeness (QED) is 0.295. The predicted molar refractivity (Wildman–Crippen MR) is 150 cm³/mol. The van der Waals surface area contributed by atoms with Crippen LogP contribution in [0.1, 0.15) is 40.5 Å². The number of hydrogen-bond acceptors (Lipinski definition) is 5. The van der Waals surface area contributed by atoms with Crippen molar-refractivity contribution in [2.24, 2.45) is 0 Å². The zero-order valence-electron chi connectivity index (χ0n) is 22.3. The normalized spacial score (nSPS) is 16.4. The van der Waals surface area contributed by atoms with Crippen LogP contribution in [0.25, 0.3) is 11.3 Å². The van der Waals surface area contributed by atoms with E-state index in [4.69, 9.17) is 14.2 Å². The summed E-state index contributed by atoms with van der Waals surface area (Å²) in [5, 5.41) is 2.98. The van der Waals surface area contributed by atoms with Gasteiger partial charge >= 0.3 is 0 Å². The summed E-state index contributed by atoms with van der Waals surface area (Å²) in [5.74, 6) is -0.00421. The van der Waals surface area contributed by atoms with E-state index in [1.807, 2.05) is 42.5 Å². The molecule has 4 aromatic rings. The first-order valence-corrected chi connectivity index (χ1v) is 13.6. The number of hydrogen-bond donors (Lipinski definition) is 2. The van der Waals surface area contributed by atoms with E-state index >= 15 is 0 Å². The van der Waals surface area contributed by atoms with E-state index in [2.05, 4.69) is 10.3 Å². The van der Waals surface area contributed by atoms with Gasteiger partial charge in [0.25, 0.3) is 5.91 Å². The maximum absolute atomic E-state index is 14.2. The lowest BCUT2D eigenvalue weighted by molar-refractivity contribution is -0.126. The average molecular weight is 556 g/mol. The number of ether oxygens (including phenoxy) is 3. The molecule has 2 N–H and O–H groups in total. The Morgan fingerprint density at radius 1 is 0.976 bits per heavy atom. The summed E-state index contributed by atoms with van der Waals surface area (Å²) in [6, 6.07) is 23.3. The van der Waals surface area contributed by atoms with Crippen molar-refractivity contribution < 1.29 is 28.2 Å². The van der Waals surface area contributed by atoms with Crippen molar-refractivity contribution in [2.75, 3.05) is 19.9 Å². The molecule has 6 rings (SSSR count). The molecule has 1 fully saturated rings. The Morgan fingerprint density at radius 3 is 2.56 bits per heavy atom. The van der Waals surface area contributed by atoms with Crippen molar-refractivity contribution in [3.63, 3.8) is 0 Å². The van der Waals surface area contributed by atoms with Gasteiger partial charge in [-0.2, -0.15) is 0 Å². The van der Waals surface area contributed by atoms with Gasteiger partial charge in [0, 0.05) is 25.4 Å². The van der Waals surface area contributed by atoms with Crippen LogP contribution in [0.4, 0.5) is 4.39 Å². The lowest BCUT2D eigenvalue weighted by Gasteiger charge is -2.31. The molecule has 210 valence electrons. The number of fused-ring (bicyclic) bond motifs is 1. The van der Waals surface area contributed by atoms with Gasteiger partial charge in [-0.3, -0.25) is 9.59 Å². The molecule has 2 aliphatic rings. The highest BCUT2D eigenvalue weighted by Gasteiger charge is 2.34. The van der Waals surface area contributed by atoms with E-state index in [9.17, 15) is 14.0 Å². The molecule has 0 unspecified atom stereocenters. The molecule has 2 atom stereocenters. The van der Waals surface area contributed by atoms with E-state index in [0.717, 1.165) is 29.7 Å². The van der Waals surface area contributed by atoms with Crippen LogP contribution in [0, 0.1) is 5.82 Å². The number of aromatic amines is 1. The summed E-state index contributed by atoms with van der Waals surface area (Å²) in [4.78, 5) is 32.8. The van der Waals surface area contributed by atoms with Crippen LogP contribution in [-0.4, -0.2) is 47.7 Å². The van der Waals surface area contributed by atoms with E-state index in [1.54, 1.807) is 18.2 Å². The fraction of sp³-hybridized carbons (Fsp3) is 0.250. The lowest BCUT2D eigenvalue weighted by atomic mass is 10.0. The lowest BCUT2D eigenvalue weighted by Crippen LogP contribution is -2.45. The molecule has 41 heavy (non-hydrogen) atoms. The molecule has 0 bridgehead atoms. The van der Waals surface area contributed by atoms with Crippen molar-refractivity contribution in [2.45, 2.75) is 31.5 Å². The number of halogens is 1. The highest BCUT2D eigenvalue weighted by molar-refractivity contribution is 5.97. The number of nitrogens with one attached hydrogen (secondary N) is 2. The van der Waals surface area contributed by atoms with Gasteiger partial charge in [-0.25, -0.2) is 4.39 Å². The van der Waals surface area contributed by atoms with Crippen molar-refractivity contribution in [1.29, 1.82) is 0 Å². The number of carbonyl (C=O) groups is 2.